The van der Waals surface area contributed by atoms with Crippen molar-refractivity contribution in [2.45, 2.75) is 39.5 Å². The zero-order valence-electron chi connectivity index (χ0n) is 20.2. The van der Waals surface area contributed by atoms with Gasteiger partial charge in [0.1, 0.15) is 22.5 Å². The predicted octanol–water partition coefficient (Wildman–Crippen LogP) is 8.37. The second-order valence-electron chi connectivity index (χ2n) is 9.64. The van der Waals surface area contributed by atoms with Crippen LogP contribution in [0.1, 0.15) is 50.7 Å². The van der Waals surface area contributed by atoms with E-state index in [1.807, 2.05) is 36.5 Å². The van der Waals surface area contributed by atoms with E-state index in [9.17, 15) is 4.39 Å². The predicted molar refractivity (Wildman–Crippen MR) is 140 cm³/mol. The fourth-order valence-corrected chi connectivity index (χ4v) is 5.02. The first-order valence-corrected chi connectivity index (χ1v) is 12.0. The average molecular weight is 464 g/mol. The van der Waals surface area contributed by atoms with Gasteiger partial charge >= 0.3 is 0 Å². The third-order valence-corrected chi connectivity index (χ3v) is 6.68. The third kappa shape index (κ3) is 3.34. The summed E-state index contributed by atoms with van der Waals surface area (Å²) in [6, 6.07) is 21.1. The lowest BCUT2D eigenvalue weighted by Crippen LogP contribution is -2.09. The van der Waals surface area contributed by atoms with Crippen molar-refractivity contribution in [2.24, 2.45) is 0 Å². The van der Waals surface area contributed by atoms with Gasteiger partial charge in [-0.2, -0.15) is 0 Å². The van der Waals surface area contributed by atoms with Crippen molar-refractivity contribution < 1.29 is 8.81 Å². The molecule has 0 bridgehead atoms. The maximum absolute atomic E-state index is 14.0. The van der Waals surface area contributed by atoms with Gasteiger partial charge in [0.15, 0.2) is 11.5 Å². The molecule has 5 heteroatoms. The molecular formula is C30H26FN3O. The zero-order chi connectivity index (χ0) is 24.3. The van der Waals surface area contributed by atoms with Crippen LogP contribution in [0.5, 0.6) is 0 Å². The minimum atomic E-state index is -0.318. The fraction of sp³-hybridized carbons (Fsp3) is 0.200. The number of halogens is 1. The van der Waals surface area contributed by atoms with E-state index in [1.54, 1.807) is 6.07 Å². The standard InChI is InChI=1S/C30H26FN3O/c1-17(2)20-8-5-9-21(18(3)4)27(20)34-29(33-25-12-7-15-32-30(25)34)24-11-6-10-23-22-14-13-19(31)16-26(22)35-28(23)24/h5-18H,1-4H3. The van der Waals surface area contributed by atoms with Crippen molar-refractivity contribution in [3.05, 3.63) is 89.9 Å². The highest BCUT2D eigenvalue weighted by Crippen LogP contribution is 2.40. The largest absolute Gasteiger partial charge is 0.455 e. The van der Waals surface area contributed by atoms with Crippen LogP contribution in [0.15, 0.2) is 77.3 Å². The van der Waals surface area contributed by atoms with Crippen LogP contribution >= 0.6 is 0 Å². The van der Waals surface area contributed by atoms with Crippen LogP contribution in [-0.2, 0) is 0 Å². The Balaban J connectivity index is 1.76. The molecule has 0 aliphatic carbocycles. The topological polar surface area (TPSA) is 43.9 Å². The van der Waals surface area contributed by atoms with Crippen LogP contribution in [0.4, 0.5) is 4.39 Å². The minimum absolute atomic E-state index is 0.308. The highest BCUT2D eigenvalue weighted by atomic mass is 19.1. The first-order valence-electron chi connectivity index (χ1n) is 12.0. The average Bonchev–Trinajstić information content (AvgIpc) is 3.41. The summed E-state index contributed by atoms with van der Waals surface area (Å²) >= 11 is 0. The highest BCUT2D eigenvalue weighted by Gasteiger charge is 2.24. The fourth-order valence-electron chi connectivity index (χ4n) is 5.02. The van der Waals surface area contributed by atoms with E-state index >= 15 is 0 Å². The van der Waals surface area contributed by atoms with Crippen LogP contribution in [0, 0.1) is 5.82 Å². The number of furan rings is 1. The first kappa shape index (κ1) is 21.5. The SMILES string of the molecule is CC(C)c1cccc(C(C)C)c1-n1c(-c2cccc3c2oc2cc(F)ccc23)nc2cccnc21. The van der Waals surface area contributed by atoms with Gasteiger partial charge in [-0.15, -0.1) is 0 Å². The summed E-state index contributed by atoms with van der Waals surface area (Å²) in [6.45, 7) is 8.85. The number of hydrogen-bond acceptors (Lipinski definition) is 3. The molecule has 0 atom stereocenters. The molecule has 0 saturated carbocycles. The van der Waals surface area contributed by atoms with Crippen LogP contribution in [0.25, 0.3) is 50.2 Å². The number of pyridine rings is 1. The van der Waals surface area contributed by atoms with Gasteiger partial charge in [-0.1, -0.05) is 58.0 Å². The Hall–Kier alpha value is -3.99. The van der Waals surface area contributed by atoms with Gasteiger partial charge in [-0.3, -0.25) is 4.57 Å². The van der Waals surface area contributed by atoms with Gasteiger partial charge in [-0.05, 0) is 53.3 Å². The molecule has 3 aromatic carbocycles. The van der Waals surface area contributed by atoms with Crippen LogP contribution in [0.3, 0.4) is 0 Å². The Bertz CT molecular complexity index is 1700. The molecule has 0 aliphatic rings. The molecule has 3 aromatic heterocycles. The summed E-state index contributed by atoms with van der Waals surface area (Å²) in [5, 5.41) is 1.82. The van der Waals surface area contributed by atoms with Gasteiger partial charge in [0.25, 0.3) is 0 Å². The molecule has 0 unspecified atom stereocenters. The zero-order valence-corrected chi connectivity index (χ0v) is 20.2. The molecule has 0 N–H and O–H groups in total. The second-order valence-corrected chi connectivity index (χ2v) is 9.64. The smallest absolute Gasteiger partial charge is 0.164 e. The summed E-state index contributed by atoms with van der Waals surface area (Å²) in [5.41, 5.74) is 7.28. The van der Waals surface area contributed by atoms with Crippen molar-refractivity contribution >= 4 is 33.1 Å². The van der Waals surface area contributed by atoms with Crippen LogP contribution < -0.4 is 0 Å². The monoisotopic (exact) mass is 463 g/mol. The molecule has 0 radical (unpaired) electrons. The minimum Gasteiger partial charge on any atom is -0.455 e. The van der Waals surface area contributed by atoms with Gasteiger partial charge < -0.3 is 4.42 Å². The van der Waals surface area contributed by atoms with Crippen molar-refractivity contribution in [1.82, 2.24) is 14.5 Å². The molecule has 4 nitrogen and oxygen atoms in total. The molecule has 3 heterocycles. The summed E-state index contributed by atoms with van der Waals surface area (Å²) in [6.07, 6.45) is 1.81. The lowest BCUT2D eigenvalue weighted by molar-refractivity contribution is 0.618. The molecule has 0 fully saturated rings. The Labute approximate surface area is 203 Å². The number of benzene rings is 3. The van der Waals surface area contributed by atoms with E-state index in [-0.39, 0.29) is 5.82 Å². The lowest BCUT2D eigenvalue weighted by Gasteiger charge is -2.22. The van der Waals surface area contributed by atoms with E-state index < -0.39 is 0 Å². The molecule has 6 aromatic rings. The normalized spacial score (nSPS) is 12.1. The molecule has 0 aliphatic heterocycles. The molecule has 0 saturated heterocycles. The van der Waals surface area contributed by atoms with Crippen molar-refractivity contribution in [3.8, 4) is 17.1 Å². The molecule has 35 heavy (non-hydrogen) atoms. The van der Waals surface area contributed by atoms with Crippen LogP contribution in [-0.4, -0.2) is 14.5 Å². The van der Waals surface area contributed by atoms with E-state index in [2.05, 4.69) is 50.5 Å². The van der Waals surface area contributed by atoms with Crippen molar-refractivity contribution in [3.63, 3.8) is 0 Å². The Morgan fingerprint density at radius 1 is 0.829 bits per heavy atom. The number of fused-ring (bicyclic) bond motifs is 4. The Kier molecular flexibility index (Phi) is 4.95. The maximum Gasteiger partial charge on any atom is 0.164 e. The summed E-state index contributed by atoms with van der Waals surface area (Å²) in [7, 11) is 0. The van der Waals surface area contributed by atoms with Gasteiger partial charge in [0.2, 0.25) is 0 Å². The van der Waals surface area contributed by atoms with E-state index in [4.69, 9.17) is 14.4 Å². The molecule has 174 valence electrons. The van der Waals surface area contributed by atoms with Crippen LogP contribution in [0.2, 0.25) is 0 Å². The van der Waals surface area contributed by atoms with E-state index in [1.165, 1.54) is 23.3 Å². The second kappa shape index (κ2) is 8.05. The number of rotatable bonds is 4. The Morgan fingerprint density at radius 3 is 2.31 bits per heavy atom. The summed E-state index contributed by atoms with van der Waals surface area (Å²) < 4.78 is 22.4. The number of hydrogen-bond donors (Lipinski definition) is 0. The van der Waals surface area contributed by atoms with Gasteiger partial charge in [0.05, 0.1) is 11.3 Å². The van der Waals surface area contributed by atoms with Crippen molar-refractivity contribution in [2.75, 3.05) is 0 Å². The van der Waals surface area contributed by atoms with E-state index in [0.717, 1.165) is 39.0 Å². The third-order valence-electron chi connectivity index (χ3n) is 6.68. The number of para-hydroxylation sites is 2. The number of nitrogens with zero attached hydrogens (tertiary/aromatic N) is 3. The quantitative estimate of drug-likeness (QED) is 0.264. The van der Waals surface area contributed by atoms with Crippen molar-refractivity contribution in [1.29, 1.82) is 0 Å². The molecule has 6 rings (SSSR count). The molecule has 0 spiro atoms. The summed E-state index contributed by atoms with van der Waals surface area (Å²) in [4.78, 5) is 9.82. The van der Waals surface area contributed by atoms with E-state index in [0.29, 0.717) is 23.0 Å². The first-order chi connectivity index (χ1) is 16.9. The molecular weight excluding hydrogens is 437 g/mol. The van der Waals surface area contributed by atoms with Gasteiger partial charge in [-0.25, -0.2) is 14.4 Å². The highest BCUT2D eigenvalue weighted by molar-refractivity contribution is 6.09. The Morgan fingerprint density at radius 2 is 1.57 bits per heavy atom. The molecule has 0 amide bonds. The summed E-state index contributed by atoms with van der Waals surface area (Å²) in [5.74, 6) is 1.06. The maximum atomic E-state index is 14.0. The lowest BCUT2D eigenvalue weighted by atomic mass is 9.92. The number of imidazole rings is 1. The van der Waals surface area contributed by atoms with Gasteiger partial charge in [0, 0.05) is 23.0 Å². The number of aromatic nitrogens is 3.